The summed E-state index contributed by atoms with van der Waals surface area (Å²) >= 11 is 0. The largest absolute Gasteiger partial charge is 0.326 e. The molecule has 0 aromatic rings. The van der Waals surface area contributed by atoms with E-state index in [-0.39, 0.29) is 17.4 Å². The molecule has 0 aromatic heterocycles. The van der Waals surface area contributed by atoms with Gasteiger partial charge in [-0.05, 0) is 6.42 Å². The van der Waals surface area contributed by atoms with Crippen LogP contribution in [0.2, 0.25) is 0 Å². The molecule has 1 unspecified atom stereocenters. The Morgan fingerprint density at radius 1 is 0.882 bits per heavy atom. The van der Waals surface area contributed by atoms with Gasteiger partial charge in [-0.25, -0.2) is 0 Å². The molecule has 17 heavy (non-hydrogen) atoms. The van der Waals surface area contributed by atoms with Crippen molar-refractivity contribution in [2.75, 3.05) is 6.61 Å². The third-order valence-electron chi connectivity index (χ3n) is 2.72. The Morgan fingerprint density at radius 3 is 1.71 bits per heavy atom. The van der Waals surface area contributed by atoms with E-state index >= 15 is 0 Å². The van der Waals surface area contributed by atoms with Crippen molar-refractivity contribution in [2.45, 2.75) is 71.1 Å². The van der Waals surface area contributed by atoms with Crippen LogP contribution >= 0.6 is 8.25 Å². The van der Waals surface area contributed by atoms with Gasteiger partial charge >= 0.3 is 8.25 Å². The van der Waals surface area contributed by atoms with E-state index in [1.54, 1.807) is 0 Å². The third kappa shape index (κ3) is 19.2. The second-order valence-corrected chi connectivity index (χ2v) is 5.12. The minimum absolute atomic E-state index is 0. The van der Waals surface area contributed by atoms with E-state index in [2.05, 4.69) is 11.4 Å². The zero-order valence-corrected chi connectivity index (χ0v) is 13.2. The minimum atomic E-state index is -2.69. The van der Waals surface area contributed by atoms with Gasteiger partial charge in [-0.1, -0.05) is 64.7 Å². The van der Waals surface area contributed by atoms with Gasteiger partial charge in [0, 0.05) is 17.4 Å². The fraction of sp³-hybridized carbons (Fsp3) is 1.00. The third-order valence-corrected chi connectivity index (χ3v) is 3.17. The van der Waals surface area contributed by atoms with E-state index in [4.69, 9.17) is 4.89 Å². The molecule has 0 fully saturated rings. The van der Waals surface area contributed by atoms with Crippen LogP contribution in [0, 0.1) is 0 Å². The summed E-state index contributed by atoms with van der Waals surface area (Å²) in [7, 11) is -2.69. The van der Waals surface area contributed by atoms with Crippen LogP contribution in [-0.4, -0.2) is 11.5 Å². The zero-order chi connectivity index (χ0) is 12.1. The van der Waals surface area contributed by atoms with Gasteiger partial charge < -0.3 is 9.42 Å². The summed E-state index contributed by atoms with van der Waals surface area (Å²) in [5.74, 6) is 0. The Morgan fingerprint density at radius 2 is 1.29 bits per heavy atom. The maximum atomic E-state index is 10.2. The average molecular weight is 302 g/mol. The van der Waals surface area contributed by atoms with Crippen LogP contribution in [0.4, 0.5) is 0 Å². The van der Waals surface area contributed by atoms with Gasteiger partial charge in [0.25, 0.3) is 0 Å². The topological polar surface area (TPSA) is 46.5 Å². The summed E-state index contributed by atoms with van der Waals surface area (Å²) in [5, 5.41) is 0. The monoisotopic (exact) mass is 302 g/mol. The summed E-state index contributed by atoms with van der Waals surface area (Å²) in [6, 6.07) is 0. The molecule has 0 saturated heterocycles. The predicted molar refractivity (Wildman–Crippen MR) is 69.0 cm³/mol. The van der Waals surface area contributed by atoms with Crippen molar-refractivity contribution >= 4 is 8.25 Å². The molecule has 1 N–H and O–H groups in total. The summed E-state index contributed by atoms with van der Waals surface area (Å²) < 4.78 is 14.8. The Labute approximate surface area is 117 Å². The number of hydrogen-bond acceptors (Lipinski definition) is 2. The van der Waals surface area contributed by atoms with Crippen molar-refractivity contribution in [1.29, 1.82) is 0 Å². The van der Waals surface area contributed by atoms with Crippen molar-refractivity contribution < 1.29 is 31.3 Å². The quantitative estimate of drug-likeness (QED) is 0.432. The van der Waals surface area contributed by atoms with Crippen LogP contribution in [-0.2, 0) is 26.4 Å². The summed E-state index contributed by atoms with van der Waals surface area (Å²) in [5.41, 5.74) is 0. The van der Waals surface area contributed by atoms with E-state index in [1.165, 1.54) is 51.4 Å². The maximum Gasteiger partial charge on any atom is 0.316 e. The predicted octanol–water partition coefficient (Wildman–Crippen LogP) is 4.30. The Bertz CT molecular complexity index is 168. The summed E-state index contributed by atoms with van der Waals surface area (Å²) in [6.45, 7) is 2.67. The molecule has 1 atom stereocenters. The first kappa shape index (κ1) is 20.0. The van der Waals surface area contributed by atoms with Crippen LogP contribution in [0.3, 0.4) is 0 Å². The van der Waals surface area contributed by atoms with Crippen molar-refractivity contribution in [3.63, 3.8) is 0 Å². The fourth-order valence-electron chi connectivity index (χ4n) is 1.75. The molecule has 0 rings (SSSR count). The molecule has 0 saturated carbocycles. The van der Waals surface area contributed by atoms with Crippen LogP contribution in [0.1, 0.15) is 71.1 Å². The van der Waals surface area contributed by atoms with Crippen molar-refractivity contribution in [3.8, 4) is 0 Å². The van der Waals surface area contributed by atoms with Gasteiger partial charge in [-0.3, -0.25) is 4.57 Å². The van der Waals surface area contributed by atoms with Gasteiger partial charge in [0.15, 0.2) is 0 Å². The second-order valence-electron chi connectivity index (χ2n) is 4.30. The molecule has 0 aliphatic rings. The first-order chi connectivity index (χ1) is 7.77. The van der Waals surface area contributed by atoms with Crippen molar-refractivity contribution in [3.05, 3.63) is 0 Å². The smallest absolute Gasteiger partial charge is 0.316 e. The van der Waals surface area contributed by atoms with Crippen LogP contribution in [0.25, 0.3) is 0 Å². The Hall–Kier alpha value is 0.682. The number of unbranched alkanes of at least 4 members (excludes halogenated alkanes) is 9. The van der Waals surface area contributed by atoms with E-state index < -0.39 is 8.25 Å². The maximum absolute atomic E-state index is 10.2. The molecule has 3 nitrogen and oxygen atoms in total. The van der Waals surface area contributed by atoms with Gasteiger partial charge in [0.2, 0.25) is 0 Å². The Balaban J connectivity index is 0. The first-order valence-corrected chi connectivity index (χ1v) is 7.89. The normalized spacial score (nSPS) is 12.1. The molecule has 0 amide bonds. The average Bonchev–Trinajstić information content (AvgIpc) is 2.25. The van der Waals surface area contributed by atoms with Crippen LogP contribution in [0.5, 0.6) is 0 Å². The molecule has 0 bridgehead atoms. The van der Waals surface area contributed by atoms with E-state index in [9.17, 15) is 4.57 Å². The van der Waals surface area contributed by atoms with Gasteiger partial charge in [-0.15, -0.1) is 0 Å². The summed E-state index contributed by atoms with van der Waals surface area (Å²) in [4.78, 5) is 8.42. The van der Waals surface area contributed by atoms with Gasteiger partial charge in [0.05, 0.1) is 6.61 Å². The molecular weight excluding hydrogens is 275 g/mol. The number of hydrogen-bond donors (Lipinski definition) is 1. The first-order valence-electron chi connectivity index (χ1n) is 6.63. The minimum Gasteiger partial charge on any atom is -0.326 e. The molecule has 104 valence electrons. The van der Waals surface area contributed by atoms with E-state index in [1.807, 2.05) is 0 Å². The van der Waals surface area contributed by atoms with Crippen molar-refractivity contribution in [1.82, 2.24) is 0 Å². The molecular formula is C12H27CrO3P. The SMILES string of the molecule is CCCCCCCCCCCCO[PH](=O)O.[Cr]. The van der Waals surface area contributed by atoms with Crippen LogP contribution in [0.15, 0.2) is 0 Å². The molecule has 0 aliphatic heterocycles. The van der Waals surface area contributed by atoms with Crippen LogP contribution < -0.4 is 0 Å². The zero-order valence-electron chi connectivity index (χ0n) is 11.0. The second kappa shape index (κ2) is 16.7. The van der Waals surface area contributed by atoms with E-state index in [0.717, 1.165) is 12.8 Å². The van der Waals surface area contributed by atoms with Gasteiger partial charge in [0.1, 0.15) is 0 Å². The standard InChI is InChI=1S/C12H27O3P.Cr/c1-2-3-4-5-6-7-8-9-10-11-12-15-16(13)14;/h16H,2-12H2,1H3,(H,13,14);. The molecule has 0 aromatic carbocycles. The Kier molecular flexibility index (Phi) is 19.6. The van der Waals surface area contributed by atoms with Gasteiger partial charge in [-0.2, -0.15) is 0 Å². The molecule has 0 aliphatic carbocycles. The summed E-state index contributed by atoms with van der Waals surface area (Å²) in [6.07, 6.45) is 12.7. The fourth-order valence-corrected chi connectivity index (χ4v) is 2.07. The molecule has 5 heteroatoms. The molecule has 0 spiro atoms. The molecule has 0 radical (unpaired) electrons. The van der Waals surface area contributed by atoms with E-state index in [0.29, 0.717) is 6.61 Å². The number of rotatable bonds is 12. The molecule has 0 heterocycles. The van der Waals surface area contributed by atoms with Crippen molar-refractivity contribution in [2.24, 2.45) is 0 Å².